The monoisotopic (exact) mass is 382 g/mol. The minimum atomic E-state index is -0.509. The molecule has 0 saturated heterocycles. The molecule has 0 saturated carbocycles. The molecule has 144 valence electrons. The van der Waals surface area contributed by atoms with Crippen LogP contribution in [0.4, 0.5) is 4.39 Å². The van der Waals surface area contributed by atoms with Crippen molar-refractivity contribution in [2.24, 2.45) is 0 Å². The second-order valence-corrected chi connectivity index (χ2v) is 5.78. The fourth-order valence-electron chi connectivity index (χ4n) is 2.34. The van der Waals surface area contributed by atoms with E-state index in [1.807, 2.05) is 0 Å². The molecule has 0 unspecified atom stereocenters. The van der Waals surface area contributed by atoms with Gasteiger partial charge < -0.3 is 19.5 Å². The van der Waals surface area contributed by atoms with Gasteiger partial charge in [-0.3, -0.25) is 4.79 Å². The number of rotatable bonds is 8. The van der Waals surface area contributed by atoms with E-state index in [1.54, 1.807) is 61.8 Å². The van der Waals surface area contributed by atoms with E-state index in [2.05, 4.69) is 10.3 Å². The number of carbonyl (C=O) groups excluding carboxylic acids is 1. The van der Waals surface area contributed by atoms with E-state index >= 15 is 0 Å². The van der Waals surface area contributed by atoms with E-state index in [-0.39, 0.29) is 24.8 Å². The third-order valence-electron chi connectivity index (χ3n) is 3.77. The Balaban J connectivity index is 1.51. The van der Waals surface area contributed by atoms with Crippen LogP contribution in [0.25, 0.3) is 0 Å². The quantitative estimate of drug-likeness (QED) is 0.643. The molecule has 1 heterocycles. The Labute approximate surface area is 161 Å². The van der Waals surface area contributed by atoms with Crippen LogP contribution >= 0.6 is 0 Å². The maximum absolute atomic E-state index is 13.5. The molecule has 0 fully saturated rings. The fourth-order valence-corrected chi connectivity index (χ4v) is 2.34. The second kappa shape index (κ2) is 9.36. The van der Waals surface area contributed by atoms with Gasteiger partial charge in [0.15, 0.2) is 18.2 Å². The molecule has 0 aliphatic carbocycles. The Morgan fingerprint density at radius 3 is 2.57 bits per heavy atom. The smallest absolute Gasteiger partial charge is 0.258 e. The van der Waals surface area contributed by atoms with Gasteiger partial charge in [-0.15, -0.1) is 0 Å². The summed E-state index contributed by atoms with van der Waals surface area (Å²) in [7, 11) is 1.59. The molecule has 3 rings (SSSR count). The van der Waals surface area contributed by atoms with Gasteiger partial charge in [0.1, 0.15) is 11.5 Å². The minimum Gasteiger partial charge on any atom is -0.497 e. The van der Waals surface area contributed by atoms with E-state index in [0.29, 0.717) is 11.6 Å². The van der Waals surface area contributed by atoms with Gasteiger partial charge in [0.25, 0.3) is 5.91 Å². The molecular formula is C21H19FN2O4. The molecule has 0 atom stereocenters. The first kappa shape index (κ1) is 19.2. The summed E-state index contributed by atoms with van der Waals surface area (Å²) in [6, 6.07) is 16.5. The Kier molecular flexibility index (Phi) is 6.41. The van der Waals surface area contributed by atoms with E-state index < -0.39 is 5.82 Å². The van der Waals surface area contributed by atoms with E-state index in [1.165, 1.54) is 12.1 Å². The number of amides is 1. The number of halogens is 1. The lowest BCUT2D eigenvalue weighted by molar-refractivity contribution is -0.123. The zero-order chi connectivity index (χ0) is 19.8. The lowest BCUT2D eigenvalue weighted by atomic mass is 10.2. The molecule has 7 heteroatoms. The van der Waals surface area contributed by atoms with Crippen LogP contribution in [0.3, 0.4) is 0 Å². The van der Waals surface area contributed by atoms with Crippen molar-refractivity contribution in [3.05, 3.63) is 78.2 Å². The number of aromatic nitrogens is 1. The molecule has 3 aromatic rings. The number of hydrogen-bond acceptors (Lipinski definition) is 5. The van der Waals surface area contributed by atoms with Gasteiger partial charge in [-0.05, 0) is 48.0 Å². The highest BCUT2D eigenvalue weighted by atomic mass is 19.1. The van der Waals surface area contributed by atoms with Gasteiger partial charge in [-0.1, -0.05) is 12.1 Å². The predicted octanol–water partition coefficient (Wildman–Crippen LogP) is 3.72. The van der Waals surface area contributed by atoms with Gasteiger partial charge >= 0.3 is 0 Å². The summed E-state index contributed by atoms with van der Waals surface area (Å²) >= 11 is 0. The molecular weight excluding hydrogens is 363 g/mol. The van der Waals surface area contributed by atoms with Gasteiger partial charge in [0.2, 0.25) is 5.88 Å². The first-order valence-corrected chi connectivity index (χ1v) is 8.55. The molecule has 0 aliphatic rings. The van der Waals surface area contributed by atoms with Crippen LogP contribution in [-0.2, 0) is 11.3 Å². The standard InChI is InChI=1S/C21H19FN2O4/c1-26-16-6-8-17(9-7-16)28-21-12-15(10-11-23-21)13-24-20(25)14-27-19-5-3-2-4-18(19)22/h2-12H,13-14H2,1H3,(H,24,25). The zero-order valence-corrected chi connectivity index (χ0v) is 15.2. The maximum Gasteiger partial charge on any atom is 0.258 e. The van der Waals surface area contributed by atoms with Gasteiger partial charge in [0, 0.05) is 18.8 Å². The summed E-state index contributed by atoms with van der Waals surface area (Å²) in [6.07, 6.45) is 1.59. The number of para-hydroxylation sites is 1. The van der Waals surface area contributed by atoms with Crippen LogP contribution in [0.1, 0.15) is 5.56 Å². The Bertz CT molecular complexity index is 932. The second-order valence-electron chi connectivity index (χ2n) is 5.78. The molecule has 6 nitrogen and oxygen atoms in total. The molecule has 0 spiro atoms. The van der Waals surface area contributed by atoms with Crippen LogP contribution in [0, 0.1) is 5.82 Å². The average Bonchev–Trinajstić information content (AvgIpc) is 2.72. The van der Waals surface area contributed by atoms with Crippen molar-refractivity contribution in [1.29, 1.82) is 0 Å². The van der Waals surface area contributed by atoms with E-state index in [4.69, 9.17) is 14.2 Å². The van der Waals surface area contributed by atoms with Gasteiger partial charge in [-0.25, -0.2) is 9.37 Å². The summed E-state index contributed by atoms with van der Waals surface area (Å²) in [5.74, 6) is 0.917. The molecule has 2 aromatic carbocycles. The number of nitrogens with one attached hydrogen (secondary N) is 1. The lowest BCUT2D eigenvalue weighted by Gasteiger charge is -2.09. The number of benzene rings is 2. The largest absolute Gasteiger partial charge is 0.497 e. The van der Waals surface area contributed by atoms with E-state index in [0.717, 1.165) is 11.3 Å². The van der Waals surface area contributed by atoms with Crippen molar-refractivity contribution in [1.82, 2.24) is 10.3 Å². The molecule has 0 radical (unpaired) electrons. The first-order valence-electron chi connectivity index (χ1n) is 8.55. The van der Waals surface area contributed by atoms with Crippen molar-refractivity contribution in [3.63, 3.8) is 0 Å². The third-order valence-corrected chi connectivity index (χ3v) is 3.77. The van der Waals surface area contributed by atoms with Crippen molar-refractivity contribution >= 4 is 5.91 Å². The molecule has 28 heavy (non-hydrogen) atoms. The van der Waals surface area contributed by atoms with Gasteiger partial charge in [-0.2, -0.15) is 0 Å². The fraction of sp³-hybridized carbons (Fsp3) is 0.143. The predicted molar refractivity (Wildman–Crippen MR) is 101 cm³/mol. The number of hydrogen-bond donors (Lipinski definition) is 1. The highest BCUT2D eigenvalue weighted by Gasteiger charge is 2.07. The zero-order valence-electron chi connectivity index (χ0n) is 15.2. The average molecular weight is 382 g/mol. The molecule has 1 aromatic heterocycles. The highest BCUT2D eigenvalue weighted by molar-refractivity contribution is 5.77. The highest BCUT2D eigenvalue weighted by Crippen LogP contribution is 2.22. The summed E-state index contributed by atoms with van der Waals surface area (Å²) in [4.78, 5) is 16.1. The minimum absolute atomic E-state index is 0.0386. The summed E-state index contributed by atoms with van der Waals surface area (Å²) < 4.78 is 29.4. The maximum atomic E-state index is 13.5. The van der Waals surface area contributed by atoms with Crippen LogP contribution in [-0.4, -0.2) is 24.6 Å². The van der Waals surface area contributed by atoms with Crippen molar-refractivity contribution in [3.8, 4) is 23.1 Å². The Hall–Kier alpha value is -3.61. The number of ether oxygens (including phenoxy) is 3. The first-order chi connectivity index (χ1) is 13.6. The summed E-state index contributed by atoms with van der Waals surface area (Å²) in [5.41, 5.74) is 0.803. The van der Waals surface area contributed by atoms with Crippen molar-refractivity contribution < 1.29 is 23.4 Å². The van der Waals surface area contributed by atoms with Crippen LogP contribution in [0.5, 0.6) is 23.1 Å². The SMILES string of the molecule is COc1ccc(Oc2cc(CNC(=O)COc3ccccc3F)ccn2)cc1. The topological polar surface area (TPSA) is 69.7 Å². The number of carbonyl (C=O) groups is 1. The normalized spacial score (nSPS) is 10.2. The number of nitrogens with zero attached hydrogens (tertiary/aromatic N) is 1. The van der Waals surface area contributed by atoms with Crippen LogP contribution < -0.4 is 19.5 Å². The molecule has 1 amide bonds. The van der Waals surface area contributed by atoms with Gasteiger partial charge in [0.05, 0.1) is 7.11 Å². The number of methoxy groups -OCH3 is 1. The Morgan fingerprint density at radius 1 is 1.07 bits per heavy atom. The van der Waals surface area contributed by atoms with Crippen molar-refractivity contribution in [2.75, 3.05) is 13.7 Å². The number of pyridine rings is 1. The molecule has 0 aliphatic heterocycles. The van der Waals surface area contributed by atoms with Crippen molar-refractivity contribution in [2.45, 2.75) is 6.54 Å². The third kappa shape index (κ3) is 5.44. The Morgan fingerprint density at radius 2 is 1.82 bits per heavy atom. The van der Waals surface area contributed by atoms with E-state index in [9.17, 15) is 9.18 Å². The van der Waals surface area contributed by atoms with Crippen LogP contribution in [0.15, 0.2) is 66.9 Å². The molecule has 0 bridgehead atoms. The lowest BCUT2D eigenvalue weighted by Crippen LogP contribution is -2.28. The van der Waals surface area contributed by atoms with Crippen LogP contribution in [0.2, 0.25) is 0 Å². The summed E-state index contributed by atoms with van der Waals surface area (Å²) in [5, 5.41) is 2.71. The molecule has 1 N–H and O–H groups in total. The summed E-state index contributed by atoms with van der Waals surface area (Å²) in [6.45, 7) is -0.0117.